The molecule has 2 aliphatic heterocycles. The van der Waals surface area contributed by atoms with E-state index in [2.05, 4.69) is 35.3 Å². The lowest BCUT2D eigenvalue weighted by atomic mass is 9.95. The van der Waals surface area contributed by atoms with Crippen LogP contribution in [0.3, 0.4) is 0 Å². The Bertz CT molecular complexity index is 1330. The van der Waals surface area contributed by atoms with Crippen molar-refractivity contribution in [3.8, 4) is 11.7 Å². The number of nitrogens with zero attached hydrogens (tertiary/aromatic N) is 7. The van der Waals surface area contributed by atoms with Crippen LogP contribution in [0, 0.1) is 5.82 Å². The van der Waals surface area contributed by atoms with Crippen LogP contribution < -0.4 is 10.1 Å². The third-order valence-corrected chi connectivity index (χ3v) is 6.55. The molecular weight excluding hydrogens is 442 g/mol. The molecule has 2 atom stereocenters. The normalized spacial score (nSPS) is 22.2. The number of halogens is 2. The average Bonchev–Trinajstić information content (AvgIpc) is 3.53. The number of anilines is 2. The van der Waals surface area contributed by atoms with Crippen molar-refractivity contribution >= 4 is 22.4 Å². The summed E-state index contributed by atoms with van der Waals surface area (Å²) in [5.74, 6) is -0.234. The first-order chi connectivity index (χ1) is 16.6. The Kier molecular flexibility index (Phi) is 5.05. The zero-order chi connectivity index (χ0) is 23.1. The Labute approximate surface area is 193 Å². The third kappa shape index (κ3) is 3.71. The molecule has 0 unspecified atom stereocenters. The monoisotopic (exact) mass is 464 g/mol. The summed E-state index contributed by atoms with van der Waals surface area (Å²) in [5, 5.41) is 7.94. The Morgan fingerprint density at radius 3 is 2.91 bits per heavy atom. The summed E-state index contributed by atoms with van der Waals surface area (Å²) in [7, 11) is 0. The molecule has 6 heterocycles. The number of fused-ring (bicyclic) bond motifs is 2. The van der Waals surface area contributed by atoms with Gasteiger partial charge in [-0.2, -0.15) is 15.1 Å². The van der Waals surface area contributed by atoms with Crippen LogP contribution >= 0.6 is 0 Å². The van der Waals surface area contributed by atoms with Crippen LogP contribution in [-0.2, 0) is 0 Å². The van der Waals surface area contributed by atoms with Gasteiger partial charge in [0.25, 0.3) is 0 Å². The van der Waals surface area contributed by atoms with E-state index in [1.807, 2.05) is 12.1 Å². The summed E-state index contributed by atoms with van der Waals surface area (Å²) in [5.41, 5.74) is 1.23. The lowest BCUT2D eigenvalue weighted by molar-refractivity contribution is 0.107. The first-order valence-electron chi connectivity index (χ1n) is 11.1. The van der Waals surface area contributed by atoms with Crippen molar-refractivity contribution in [1.29, 1.82) is 0 Å². The smallest absolute Gasteiger partial charge is 0.319 e. The number of hydrogen-bond donors (Lipinski definition) is 1. The van der Waals surface area contributed by atoms with Crippen LogP contribution in [0.4, 0.5) is 20.3 Å². The highest BCUT2D eigenvalue weighted by Gasteiger charge is 2.49. The second kappa shape index (κ2) is 8.24. The van der Waals surface area contributed by atoms with Crippen LogP contribution in [0.15, 0.2) is 49.3 Å². The van der Waals surface area contributed by atoms with E-state index in [4.69, 9.17) is 4.74 Å². The second-order valence-electron chi connectivity index (χ2n) is 8.74. The maximum absolute atomic E-state index is 14.6. The van der Waals surface area contributed by atoms with Crippen molar-refractivity contribution in [3.63, 3.8) is 0 Å². The quantitative estimate of drug-likeness (QED) is 0.464. The highest BCUT2D eigenvalue weighted by molar-refractivity contribution is 5.90. The Balaban J connectivity index is 1.30. The zero-order valence-corrected chi connectivity index (χ0v) is 18.2. The van der Waals surface area contributed by atoms with E-state index >= 15 is 0 Å². The molecule has 0 spiro atoms. The number of pyridine rings is 2. The molecule has 174 valence electrons. The lowest BCUT2D eigenvalue weighted by Gasteiger charge is -2.30. The number of aromatic nitrogens is 6. The molecule has 2 fully saturated rings. The molecule has 2 aliphatic rings. The van der Waals surface area contributed by atoms with Crippen LogP contribution in [0.5, 0.6) is 6.01 Å². The summed E-state index contributed by atoms with van der Waals surface area (Å²) in [4.78, 5) is 18.9. The molecule has 4 aromatic heterocycles. The molecule has 0 saturated carbocycles. The minimum Gasteiger partial charge on any atom is -0.461 e. The fourth-order valence-electron chi connectivity index (χ4n) is 4.96. The van der Waals surface area contributed by atoms with Crippen molar-refractivity contribution < 1.29 is 13.5 Å². The molecule has 11 heteroatoms. The van der Waals surface area contributed by atoms with Crippen molar-refractivity contribution in [3.05, 3.63) is 55.1 Å². The molecular formula is C23H22F2N8O. The molecule has 0 aliphatic carbocycles. The first kappa shape index (κ1) is 20.8. The van der Waals surface area contributed by atoms with Gasteiger partial charge < -0.3 is 10.1 Å². The highest BCUT2D eigenvalue weighted by atomic mass is 19.1. The Morgan fingerprint density at radius 2 is 2.03 bits per heavy atom. The molecule has 2 saturated heterocycles. The second-order valence-corrected chi connectivity index (χ2v) is 8.74. The van der Waals surface area contributed by atoms with Gasteiger partial charge in [-0.1, -0.05) is 0 Å². The number of ether oxygens (including phenoxy) is 1. The maximum Gasteiger partial charge on any atom is 0.319 e. The number of hydrogen-bond acceptors (Lipinski definition) is 8. The van der Waals surface area contributed by atoms with E-state index in [0.717, 1.165) is 31.3 Å². The zero-order valence-electron chi connectivity index (χ0n) is 18.2. The summed E-state index contributed by atoms with van der Waals surface area (Å²) >= 11 is 0. The summed E-state index contributed by atoms with van der Waals surface area (Å²) in [6, 6.07) is 3.70. The largest absolute Gasteiger partial charge is 0.461 e. The number of rotatable bonds is 6. The van der Waals surface area contributed by atoms with Crippen molar-refractivity contribution in [2.75, 3.05) is 25.0 Å². The van der Waals surface area contributed by atoms with Gasteiger partial charge in [-0.25, -0.2) is 13.5 Å². The predicted octanol–water partition coefficient (Wildman–Crippen LogP) is 3.44. The van der Waals surface area contributed by atoms with E-state index in [1.165, 1.54) is 6.20 Å². The van der Waals surface area contributed by atoms with E-state index in [9.17, 15) is 8.78 Å². The molecule has 6 rings (SSSR count). The van der Waals surface area contributed by atoms with E-state index in [-0.39, 0.29) is 23.7 Å². The summed E-state index contributed by atoms with van der Waals surface area (Å²) < 4.78 is 36.4. The summed E-state index contributed by atoms with van der Waals surface area (Å²) in [6.45, 7) is 1.54. The van der Waals surface area contributed by atoms with Gasteiger partial charge >= 0.3 is 6.01 Å². The minimum atomic E-state index is -0.862. The molecule has 34 heavy (non-hydrogen) atoms. The van der Waals surface area contributed by atoms with Gasteiger partial charge in [0.15, 0.2) is 5.82 Å². The van der Waals surface area contributed by atoms with Crippen LogP contribution in [0.25, 0.3) is 16.6 Å². The number of nitrogens with one attached hydrogen (secondary N) is 1. The number of alkyl halides is 1. The van der Waals surface area contributed by atoms with E-state index < -0.39 is 12.0 Å². The maximum atomic E-state index is 14.6. The fraction of sp³-hybridized carbons (Fsp3) is 0.348. The predicted molar refractivity (Wildman–Crippen MR) is 120 cm³/mol. The SMILES string of the molecule is Fc1cncc2c(Nc3cnn(-c4ccncc4)c3)nc(OC[C@@]34CCCN3C[C@H](F)C4)nc12. The Morgan fingerprint density at radius 1 is 1.15 bits per heavy atom. The summed E-state index contributed by atoms with van der Waals surface area (Å²) in [6.07, 6.45) is 10.8. The van der Waals surface area contributed by atoms with Crippen LogP contribution in [0.2, 0.25) is 0 Å². The van der Waals surface area contributed by atoms with Gasteiger partial charge in [-0.05, 0) is 31.5 Å². The molecule has 1 N–H and O–H groups in total. The van der Waals surface area contributed by atoms with E-state index in [0.29, 0.717) is 29.9 Å². The standard InChI is InChI=1S/C23H22F2N8O/c24-15-8-23(4-1-7-32(23)12-15)14-34-22-30-20-18(10-27-11-19(20)25)21(31-22)29-16-9-28-33(13-16)17-2-5-26-6-3-17/h2-3,5-6,9-11,13,15H,1,4,7-8,12,14H2,(H,29,30,31)/t15-,23+/m1/s1. The van der Waals surface area contributed by atoms with Crippen LogP contribution in [0.1, 0.15) is 19.3 Å². The first-order valence-corrected chi connectivity index (χ1v) is 11.1. The molecule has 0 bridgehead atoms. The Hall–Kier alpha value is -3.73. The third-order valence-electron chi connectivity index (χ3n) is 6.55. The van der Waals surface area contributed by atoms with Gasteiger partial charge in [-0.3, -0.25) is 14.9 Å². The van der Waals surface area contributed by atoms with E-state index in [1.54, 1.807) is 29.5 Å². The van der Waals surface area contributed by atoms with Gasteiger partial charge in [-0.15, -0.1) is 0 Å². The molecule has 0 amide bonds. The highest BCUT2D eigenvalue weighted by Crippen LogP contribution is 2.40. The fourth-order valence-corrected chi connectivity index (χ4v) is 4.96. The van der Waals surface area contributed by atoms with Crippen molar-refractivity contribution in [2.24, 2.45) is 0 Å². The molecule has 4 aromatic rings. The van der Waals surface area contributed by atoms with Crippen molar-refractivity contribution in [1.82, 2.24) is 34.6 Å². The molecule has 9 nitrogen and oxygen atoms in total. The average molecular weight is 464 g/mol. The molecule has 0 aromatic carbocycles. The minimum absolute atomic E-state index is 0.0326. The topological polar surface area (TPSA) is 93.9 Å². The lowest BCUT2D eigenvalue weighted by Crippen LogP contribution is -2.43. The van der Waals surface area contributed by atoms with Gasteiger partial charge in [0.05, 0.1) is 40.9 Å². The van der Waals surface area contributed by atoms with Gasteiger partial charge in [0.2, 0.25) is 0 Å². The van der Waals surface area contributed by atoms with Gasteiger partial charge in [0, 0.05) is 31.6 Å². The molecule has 0 radical (unpaired) electrons. The van der Waals surface area contributed by atoms with Crippen LogP contribution in [-0.4, -0.2) is 66.0 Å². The van der Waals surface area contributed by atoms with Crippen molar-refractivity contribution in [2.45, 2.75) is 31.0 Å². The van der Waals surface area contributed by atoms with Gasteiger partial charge in [0.1, 0.15) is 24.1 Å².